The molecule has 3 rings (SSSR count). The molecule has 1 fully saturated rings. The number of ether oxygens (including phenoxy) is 1. The van der Waals surface area contributed by atoms with Gasteiger partial charge in [0.1, 0.15) is 11.5 Å². The summed E-state index contributed by atoms with van der Waals surface area (Å²) in [5.41, 5.74) is 0.991. The van der Waals surface area contributed by atoms with E-state index < -0.39 is 39.1 Å². The van der Waals surface area contributed by atoms with Gasteiger partial charge < -0.3 is 14.6 Å². The molecule has 0 spiro atoms. The van der Waals surface area contributed by atoms with Gasteiger partial charge in [0, 0.05) is 6.04 Å². The van der Waals surface area contributed by atoms with Crippen LogP contribution in [-0.4, -0.2) is 54.9 Å². The Morgan fingerprint density at radius 1 is 1.24 bits per heavy atom. The van der Waals surface area contributed by atoms with E-state index in [1.165, 1.54) is 0 Å². The minimum Gasteiger partial charge on any atom is -0.462 e. The van der Waals surface area contributed by atoms with E-state index in [1.54, 1.807) is 29.7 Å². The molecule has 0 bridgehead atoms. The number of esters is 1. The molecule has 9 nitrogen and oxygen atoms in total. The molecule has 1 aromatic carbocycles. The summed E-state index contributed by atoms with van der Waals surface area (Å²) in [6.45, 7) is 2.04. The number of hydrogen-bond acceptors (Lipinski definition) is 7. The van der Waals surface area contributed by atoms with Gasteiger partial charge in [-0.1, -0.05) is 36.5 Å². The molecule has 0 unspecified atom stereocenters. The smallest absolute Gasteiger partial charge is 0.338 e. The Bertz CT molecular complexity index is 1290. The zero-order valence-corrected chi connectivity index (χ0v) is 20.5. The topological polar surface area (TPSA) is 124 Å². The third-order valence-corrected chi connectivity index (χ3v) is 7.76. The van der Waals surface area contributed by atoms with E-state index in [2.05, 4.69) is 16.2 Å². The van der Waals surface area contributed by atoms with Crippen molar-refractivity contribution in [2.45, 2.75) is 51.6 Å². The highest BCUT2D eigenvalue weighted by molar-refractivity contribution is 7.92. The molecule has 1 aliphatic rings. The number of nitrogens with zero attached hydrogens (tertiary/aromatic N) is 2. The third kappa shape index (κ3) is 6.77. The number of fused-ring (bicyclic) bond motifs is 1. The maximum absolute atomic E-state index is 12.5. The van der Waals surface area contributed by atoms with E-state index in [4.69, 9.17) is 11.2 Å². The quantitative estimate of drug-likeness (QED) is 0.431. The van der Waals surface area contributed by atoms with Gasteiger partial charge in [-0.05, 0) is 38.0 Å². The van der Waals surface area contributed by atoms with Crippen LogP contribution in [0.2, 0.25) is 0 Å². The van der Waals surface area contributed by atoms with Crippen molar-refractivity contribution in [2.24, 2.45) is 4.99 Å². The molecule has 2 aromatic rings. The molecular weight excluding hydrogens is 478 g/mol. The normalized spacial score (nSPS) is 15.1. The summed E-state index contributed by atoms with van der Waals surface area (Å²) >= 11 is 1.10. The predicted octanol–water partition coefficient (Wildman–Crippen LogP) is 1.80. The summed E-state index contributed by atoms with van der Waals surface area (Å²) < 4.78 is 32.1. The van der Waals surface area contributed by atoms with Crippen LogP contribution in [-0.2, 0) is 30.7 Å². The maximum Gasteiger partial charge on any atom is 0.338 e. The van der Waals surface area contributed by atoms with Gasteiger partial charge in [-0.25, -0.2) is 13.2 Å². The summed E-state index contributed by atoms with van der Waals surface area (Å²) in [6.07, 6.45) is 10.2. The lowest BCUT2D eigenvalue weighted by atomic mass is 9.95. The van der Waals surface area contributed by atoms with E-state index in [-0.39, 0.29) is 24.0 Å². The molecule has 0 saturated heterocycles. The first kappa shape index (κ1) is 25.6. The highest BCUT2D eigenvalue weighted by Crippen LogP contribution is 2.20. The summed E-state index contributed by atoms with van der Waals surface area (Å²) in [4.78, 5) is 40.8. The Balaban J connectivity index is 1.78. The Morgan fingerprint density at radius 2 is 1.97 bits per heavy atom. The molecule has 1 aliphatic carbocycles. The standard InChI is InChI=1S/C23H27N3O6S2/c1-3-12-26-18-11-10-16(22(29)32-4-2)13-19(18)33-23(26)25-21(28)15-34(30,31)14-20(27)24-17-8-6-5-7-9-17/h1,10-11,13,17H,4-9,12,14-15H2,2H3,(H,24,27). The van der Waals surface area contributed by atoms with Gasteiger partial charge in [-0.15, -0.1) is 6.42 Å². The highest BCUT2D eigenvalue weighted by Gasteiger charge is 2.23. The largest absolute Gasteiger partial charge is 0.462 e. The Kier molecular flexibility index (Phi) is 8.63. The van der Waals surface area contributed by atoms with Crippen LogP contribution in [0.1, 0.15) is 49.4 Å². The van der Waals surface area contributed by atoms with Crippen molar-refractivity contribution in [3.63, 3.8) is 0 Å². The zero-order valence-electron chi connectivity index (χ0n) is 18.9. The van der Waals surface area contributed by atoms with Crippen molar-refractivity contribution in [3.8, 4) is 12.3 Å². The van der Waals surface area contributed by atoms with Crippen molar-refractivity contribution in [1.29, 1.82) is 0 Å². The first-order valence-electron chi connectivity index (χ1n) is 11.0. The molecule has 1 N–H and O–H groups in total. The lowest BCUT2D eigenvalue weighted by Crippen LogP contribution is -2.40. The van der Waals surface area contributed by atoms with Crippen LogP contribution >= 0.6 is 11.3 Å². The number of carbonyl (C=O) groups is 3. The van der Waals surface area contributed by atoms with Crippen LogP contribution in [0.25, 0.3) is 10.2 Å². The van der Waals surface area contributed by atoms with Gasteiger partial charge in [-0.3, -0.25) is 9.59 Å². The fourth-order valence-corrected chi connectivity index (χ4v) is 5.95. The minimum atomic E-state index is -3.99. The molecule has 0 radical (unpaired) electrons. The summed E-state index contributed by atoms with van der Waals surface area (Å²) in [6, 6.07) is 4.85. The van der Waals surface area contributed by atoms with Crippen LogP contribution in [0.3, 0.4) is 0 Å². The van der Waals surface area contributed by atoms with Gasteiger partial charge >= 0.3 is 5.97 Å². The number of nitrogens with one attached hydrogen (secondary N) is 1. The lowest BCUT2D eigenvalue weighted by molar-refractivity contribution is -0.119. The van der Waals surface area contributed by atoms with Gasteiger partial charge in [0.2, 0.25) is 5.91 Å². The van der Waals surface area contributed by atoms with Crippen LogP contribution in [0.15, 0.2) is 23.2 Å². The molecule has 34 heavy (non-hydrogen) atoms. The van der Waals surface area contributed by atoms with Crippen LogP contribution in [0.4, 0.5) is 0 Å². The molecule has 1 heterocycles. The van der Waals surface area contributed by atoms with Crippen molar-refractivity contribution in [3.05, 3.63) is 28.6 Å². The van der Waals surface area contributed by atoms with E-state index in [0.29, 0.717) is 15.8 Å². The van der Waals surface area contributed by atoms with Gasteiger partial charge in [0.05, 0.1) is 28.9 Å². The van der Waals surface area contributed by atoms with E-state index in [1.807, 2.05) is 0 Å². The van der Waals surface area contributed by atoms with Gasteiger partial charge in [-0.2, -0.15) is 4.99 Å². The van der Waals surface area contributed by atoms with Crippen LogP contribution in [0, 0.1) is 12.3 Å². The fourth-order valence-electron chi connectivity index (χ4n) is 3.84. The molecular formula is C23H27N3O6S2. The van der Waals surface area contributed by atoms with Crippen LogP contribution < -0.4 is 10.1 Å². The van der Waals surface area contributed by atoms with Crippen molar-refractivity contribution >= 4 is 49.2 Å². The minimum absolute atomic E-state index is 0.0161. The monoisotopic (exact) mass is 505 g/mol. The second-order valence-electron chi connectivity index (χ2n) is 8.02. The number of aromatic nitrogens is 1. The highest BCUT2D eigenvalue weighted by atomic mass is 32.2. The average molecular weight is 506 g/mol. The summed E-state index contributed by atoms with van der Waals surface area (Å²) in [5.74, 6) is -1.14. The molecule has 0 atom stereocenters. The molecule has 2 amide bonds. The molecule has 1 aromatic heterocycles. The summed E-state index contributed by atoms with van der Waals surface area (Å²) in [7, 11) is -3.99. The number of sulfone groups is 1. The third-order valence-electron chi connectivity index (χ3n) is 5.33. The van der Waals surface area contributed by atoms with Crippen molar-refractivity contribution < 1.29 is 27.5 Å². The first-order chi connectivity index (χ1) is 16.2. The number of thiazole rings is 1. The number of carbonyl (C=O) groups excluding carboxylic acids is 3. The first-order valence-corrected chi connectivity index (χ1v) is 13.7. The second-order valence-corrected chi connectivity index (χ2v) is 11.1. The van der Waals surface area contributed by atoms with Crippen molar-refractivity contribution in [1.82, 2.24) is 9.88 Å². The SMILES string of the molecule is C#CCn1c(=NC(=O)CS(=O)(=O)CC(=O)NC2CCCCC2)sc2cc(C(=O)OCC)ccc21. The zero-order chi connectivity index (χ0) is 24.7. The van der Waals surface area contributed by atoms with Crippen molar-refractivity contribution in [2.75, 3.05) is 18.1 Å². The molecule has 0 aliphatic heterocycles. The van der Waals surface area contributed by atoms with Gasteiger partial charge in [0.25, 0.3) is 5.91 Å². The van der Waals surface area contributed by atoms with E-state index in [0.717, 1.165) is 43.4 Å². The number of hydrogen-bond donors (Lipinski definition) is 1. The Labute approximate surface area is 202 Å². The predicted molar refractivity (Wildman–Crippen MR) is 129 cm³/mol. The number of benzene rings is 1. The molecule has 182 valence electrons. The Morgan fingerprint density at radius 3 is 2.65 bits per heavy atom. The summed E-state index contributed by atoms with van der Waals surface area (Å²) in [5, 5.41) is 2.74. The number of terminal acetylenes is 1. The fraction of sp³-hybridized carbons (Fsp3) is 0.478. The molecule has 11 heteroatoms. The van der Waals surface area contributed by atoms with E-state index in [9.17, 15) is 22.8 Å². The Hall–Kier alpha value is -2.97. The van der Waals surface area contributed by atoms with E-state index >= 15 is 0 Å². The number of amides is 2. The number of rotatable bonds is 8. The lowest BCUT2D eigenvalue weighted by Gasteiger charge is -2.22. The van der Waals surface area contributed by atoms with Crippen LogP contribution in [0.5, 0.6) is 0 Å². The van der Waals surface area contributed by atoms with Gasteiger partial charge in [0.15, 0.2) is 14.6 Å². The maximum atomic E-state index is 12.5. The second kappa shape index (κ2) is 11.4. The average Bonchev–Trinajstić information content (AvgIpc) is 3.10. The molecule has 1 saturated carbocycles.